The average Bonchev–Trinajstić information content (AvgIpc) is 3.45. The highest BCUT2D eigenvalue weighted by Crippen LogP contribution is 2.59. The Morgan fingerprint density at radius 2 is 2.09 bits per heavy atom. The van der Waals surface area contributed by atoms with Crippen molar-refractivity contribution in [3.63, 3.8) is 0 Å². The highest BCUT2D eigenvalue weighted by atomic mass is 16.6. The minimum absolute atomic E-state index is 0.0564. The third kappa shape index (κ3) is 4.35. The Kier molecular flexibility index (Phi) is 8.34. The summed E-state index contributed by atoms with van der Waals surface area (Å²) in [7, 11) is 0. The summed E-state index contributed by atoms with van der Waals surface area (Å²) in [6.07, 6.45) is 7.18. The Morgan fingerprint density at radius 3 is 2.70 bits per heavy atom. The molecule has 2 bridgehead atoms. The first kappa shape index (κ1) is 25.4. The maximum Gasteiger partial charge on any atom is 0.312 e. The summed E-state index contributed by atoms with van der Waals surface area (Å²) >= 11 is 0. The van der Waals surface area contributed by atoms with Crippen LogP contribution in [0, 0.1) is 11.8 Å². The molecule has 3 saturated heterocycles. The second-order valence-electron chi connectivity index (χ2n) is 9.24. The number of aliphatic hydroxyl groups is 1. The summed E-state index contributed by atoms with van der Waals surface area (Å²) in [4.78, 5) is 43.9. The Hall–Kier alpha value is -2.19. The molecular weight excluding hydrogens is 424 g/mol. The van der Waals surface area contributed by atoms with Gasteiger partial charge in [-0.15, -0.1) is 6.58 Å². The van der Waals surface area contributed by atoms with Crippen LogP contribution in [0.4, 0.5) is 0 Å². The van der Waals surface area contributed by atoms with E-state index in [1.807, 2.05) is 6.92 Å². The molecule has 1 spiro atoms. The first-order valence-electron chi connectivity index (χ1n) is 12.2. The van der Waals surface area contributed by atoms with Crippen molar-refractivity contribution in [2.45, 2.75) is 76.2 Å². The first-order chi connectivity index (χ1) is 15.9. The summed E-state index contributed by atoms with van der Waals surface area (Å²) in [5, 5.41) is 10.1. The van der Waals surface area contributed by atoms with Crippen LogP contribution in [0.1, 0.15) is 52.4 Å². The Morgan fingerprint density at radius 1 is 1.33 bits per heavy atom. The van der Waals surface area contributed by atoms with Gasteiger partial charge in [-0.1, -0.05) is 45.4 Å². The molecule has 33 heavy (non-hydrogen) atoms. The molecule has 8 heteroatoms. The summed E-state index contributed by atoms with van der Waals surface area (Å²) in [5.74, 6) is -2.53. The molecule has 3 aliphatic rings. The topological polar surface area (TPSA) is 96.4 Å². The predicted octanol–water partition coefficient (Wildman–Crippen LogP) is 2.07. The van der Waals surface area contributed by atoms with Crippen LogP contribution in [0.15, 0.2) is 25.3 Å². The van der Waals surface area contributed by atoms with E-state index < -0.39 is 41.6 Å². The van der Waals surface area contributed by atoms with E-state index >= 15 is 0 Å². The third-order valence-electron chi connectivity index (χ3n) is 7.36. The molecule has 6 atom stereocenters. The highest BCUT2D eigenvalue weighted by molar-refractivity contribution is 5.98. The van der Waals surface area contributed by atoms with Crippen LogP contribution in [-0.4, -0.2) is 82.8 Å². The summed E-state index contributed by atoms with van der Waals surface area (Å²) in [6.45, 7) is 12.1. The maximum absolute atomic E-state index is 14.0. The Bertz CT molecular complexity index is 766. The van der Waals surface area contributed by atoms with Gasteiger partial charge in [-0.05, 0) is 25.7 Å². The highest BCUT2D eigenvalue weighted by Gasteiger charge is 2.75. The number of unbranched alkanes of at least 4 members (excludes halogenated alkanes) is 2. The smallest absolute Gasteiger partial charge is 0.312 e. The quantitative estimate of drug-likeness (QED) is 0.256. The number of aliphatic hydroxyl groups excluding tert-OH is 1. The van der Waals surface area contributed by atoms with Gasteiger partial charge in [0.1, 0.15) is 18.2 Å². The number of esters is 1. The van der Waals surface area contributed by atoms with Crippen molar-refractivity contribution < 1.29 is 29.0 Å². The van der Waals surface area contributed by atoms with Crippen LogP contribution in [0.3, 0.4) is 0 Å². The second kappa shape index (κ2) is 10.8. The molecule has 1 N–H and O–H groups in total. The molecule has 0 aromatic rings. The fourth-order valence-corrected chi connectivity index (χ4v) is 5.86. The van der Waals surface area contributed by atoms with Gasteiger partial charge in [0.05, 0.1) is 30.6 Å². The number of carbonyl (C=O) groups is 3. The van der Waals surface area contributed by atoms with E-state index in [0.29, 0.717) is 32.4 Å². The van der Waals surface area contributed by atoms with Crippen molar-refractivity contribution in [3.8, 4) is 0 Å². The molecule has 2 unspecified atom stereocenters. The number of rotatable bonds is 13. The van der Waals surface area contributed by atoms with Gasteiger partial charge in [0.2, 0.25) is 11.8 Å². The van der Waals surface area contributed by atoms with Gasteiger partial charge >= 0.3 is 5.97 Å². The van der Waals surface area contributed by atoms with Gasteiger partial charge in [0.15, 0.2) is 0 Å². The lowest BCUT2D eigenvalue weighted by Crippen LogP contribution is -2.58. The molecule has 0 aromatic heterocycles. The minimum atomic E-state index is -1.08. The number of hydrogen-bond donors (Lipinski definition) is 1. The average molecular weight is 463 g/mol. The first-order valence-corrected chi connectivity index (χ1v) is 12.2. The standard InChI is InChI=1S/C25H38N2O6/c1-5-9-10-14-26(13-6-2)23(30)21-25-12-11-18(33-25)19(24(31)32-15-7-3)20(25)22(29)27(21)17(8-4)16-28/h6-7,17-21,28H,2-3,5,8-16H2,1,4H3/t17-,18-,19+,20-,21?,25?/m0/s1. The van der Waals surface area contributed by atoms with Crippen LogP contribution >= 0.6 is 0 Å². The molecule has 0 saturated carbocycles. The third-order valence-corrected chi connectivity index (χ3v) is 7.36. The van der Waals surface area contributed by atoms with E-state index in [1.165, 1.54) is 11.0 Å². The fourth-order valence-electron chi connectivity index (χ4n) is 5.86. The van der Waals surface area contributed by atoms with E-state index in [9.17, 15) is 19.5 Å². The van der Waals surface area contributed by atoms with Gasteiger partial charge in [-0.25, -0.2) is 0 Å². The normalized spacial score (nSPS) is 30.8. The van der Waals surface area contributed by atoms with E-state index in [-0.39, 0.29) is 25.0 Å². The van der Waals surface area contributed by atoms with Crippen molar-refractivity contribution in [2.24, 2.45) is 11.8 Å². The molecule has 3 fully saturated rings. The number of fused-ring (bicyclic) bond motifs is 1. The monoisotopic (exact) mass is 462 g/mol. The van der Waals surface area contributed by atoms with Crippen LogP contribution in [0.2, 0.25) is 0 Å². The van der Waals surface area contributed by atoms with Crippen molar-refractivity contribution in [1.29, 1.82) is 0 Å². The Labute approximate surface area is 196 Å². The van der Waals surface area contributed by atoms with E-state index in [4.69, 9.17) is 9.47 Å². The number of amides is 2. The number of hydrogen-bond acceptors (Lipinski definition) is 6. The van der Waals surface area contributed by atoms with Crippen LogP contribution < -0.4 is 0 Å². The number of ether oxygens (including phenoxy) is 2. The molecule has 3 aliphatic heterocycles. The van der Waals surface area contributed by atoms with Gasteiger partial charge in [-0.2, -0.15) is 0 Å². The zero-order valence-electron chi connectivity index (χ0n) is 19.9. The predicted molar refractivity (Wildman–Crippen MR) is 123 cm³/mol. The van der Waals surface area contributed by atoms with Crippen molar-refractivity contribution in [1.82, 2.24) is 9.80 Å². The molecule has 0 radical (unpaired) electrons. The van der Waals surface area contributed by atoms with Crippen LogP contribution in [0.5, 0.6) is 0 Å². The lowest BCUT2D eigenvalue weighted by atomic mass is 9.70. The van der Waals surface area contributed by atoms with Crippen LogP contribution in [0.25, 0.3) is 0 Å². The minimum Gasteiger partial charge on any atom is -0.461 e. The number of likely N-dealkylation sites (tertiary alicyclic amines) is 1. The van der Waals surface area contributed by atoms with Crippen molar-refractivity contribution in [3.05, 3.63) is 25.3 Å². The lowest BCUT2D eigenvalue weighted by molar-refractivity contribution is -0.155. The largest absolute Gasteiger partial charge is 0.461 e. The summed E-state index contributed by atoms with van der Waals surface area (Å²) < 4.78 is 11.7. The van der Waals surface area contributed by atoms with Crippen molar-refractivity contribution >= 4 is 17.8 Å². The van der Waals surface area contributed by atoms with Crippen LogP contribution in [-0.2, 0) is 23.9 Å². The lowest BCUT2D eigenvalue weighted by Gasteiger charge is -2.39. The van der Waals surface area contributed by atoms with E-state index in [0.717, 1.165) is 19.3 Å². The second-order valence-corrected chi connectivity index (χ2v) is 9.24. The van der Waals surface area contributed by atoms with Gasteiger partial charge in [0.25, 0.3) is 0 Å². The van der Waals surface area contributed by atoms with Gasteiger partial charge in [0, 0.05) is 13.1 Å². The SMILES string of the molecule is C=CCOC(=O)[C@@H]1[C@@H]2CCC3(O2)C(C(=O)N(CC=C)CCCCC)N([C@@H](CC)CO)C(=O)[C@H]13. The molecule has 3 rings (SSSR count). The summed E-state index contributed by atoms with van der Waals surface area (Å²) in [5.41, 5.74) is -1.08. The molecule has 8 nitrogen and oxygen atoms in total. The van der Waals surface area contributed by atoms with Gasteiger partial charge in [-0.3, -0.25) is 14.4 Å². The molecule has 3 heterocycles. The maximum atomic E-state index is 14.0. The van der Waals surface area contributed by atoms with Gasteiger partial charge < -0.3 is 24.4 Å². The zero-order valence-corrected chi connectivity index (χ0v) is 19.9. The molecule has 184 valence electrons. The fraction of sp³-hybridized carbons (Fsp3) is 0.720. The molecule has 0 aliphatic carbocycles. The van der Waals surface area contributed by atoms with E-state index in [2.05, 4.69) is 20.1 Å². The van der Waals surface area contributed by atoms with Crippen molar-refractivity contribution in [2.75, 3.05) is 26.3 Å². The molecular formula is C25H38N2O6. The molecule has 0 aromatic carbocycles. The molecule has 2 amide bonds. The zero-order chi connectivity index (χ0) is 24.2. The Balaban J connectivity index is 2.00. The summed E-state index contributed by atoms with van der Waals surface area (Å²) in [6, 6.07) is -1.41. The number of nitrogens with zero attached hydrogens (tertiary/aromatic N) is 2. The number of carbonyl (C=O) groups excluding carboxylic acids is 3. The van der Waals surface area contributed by atoms with E-state index in [1.54, 1.807) is 11.0 Å².